The van der Waals surface area contributed by atoms with Crippen molar-refractivity contribution in [2.45, 2.75) is 19.9 Å². The Bertz CT molecular complexity index is 863. The number of hydrogen-bond acceptors (Lipinski definition) is 4. The van der Waals surface area contributed by atoms with Crippen molar-refractivity contribution in [1.82, 2.24) is 5.32 Å². The van der Waals surface area contributed by atoms with Gasteiger partial charge in [0.25, 0.3) is 5.91 Å². The van der Waals surface area contributed by atoms with Crippen molar-refractivity contribution < 1.29 is 17.9 Å². The van der Waals surface area contributed by atoms with E-state index in [4.69, 9.17) is 4.74 Å². The Labute approximate surface area is 154 Å². The predicted molar refractivity (Wildman–Crippen MR) is 103 cm³/mol. The zero-order chi connectivity index (χ0) is 19.3. The molecular weight excluding hydrogens is 352 g/mol. The molecule has 0 saturated carbocycles. The largest absolute Gasteiger partial charge is 0.497 e. The monoisotopic (exact) mass is 376 g/mol. The van der Waals surface area contributed by atoms with Gasteiger partial charge in [-0.1, -0.05) is 18.2 Å². The molecule has 0 aliphatic heterocycles. The lowest BCUT2D eigenvalue weighted by Crippen LogP contribution is -2.29. The highest BCUT2D eigenvalue weighted by Crippen LogP contribution is 2.20. The summed E-state index contributed by atoms with van der Waals surface area (Å²) in [5, 5.41) is 2.92. The quantitative estimate of drug-likeness (QED) is 0.806. The number of methoxy groups -OCH3 is 1. The Morgan fingerprint density at radius 3 is 2.42 bits per heavy atom. The molecule has 0 bridgehead atoms. The number of ether oxygens (including phenoxy) is 1. The van der Waals surface area contributed by atoms with Crippen LogP contribution in [-0.2, 0) is 10.0 Å². The van der Waals surface area contributed by atoms with Crippen LogP contribution in [0.5, 0.6) is 5.75 Å². The van der Waals surface area contributed by atoms with Crippen molar-refractivity contribution in [2.24, 2.45) is 0 Å². The predicted octanol–water partition coefficient (Wildman–Crippen LogP) is 2.97. The lowest BCUT2D eigenvalue weighted by Gasteiger charge is -2.19. The molecule has 0 radical (unpaired) electrons. The number of amides is 1. The van der Waals surface area contributed by atoms with Gasteiger partial charge in [0.2, 0.25) is 10.0 Å². The molecule has 1 N–H and O–H groups in total. The number of benzene rings is 2. The van der Waals surface area contributed by atoms with Gasteiger partial charge in [-0.3, -0.25) is 9.10 Å². The normalized spacial score (nSPS) is 12.3. The topological polar surface area (TPSA) is 75.7 Å². The third-order valence-electron chi connectivity index (χ3n) is 4.22. The van der Waals surface area contributed by atoms with Crippen LogP contribution >= 0.6 is 0 Å². The van der Waals surface area contributed by atoms with Crippen molar-refractivity contribution >= 4 is 21.6 Å². The second kappa shape index (κ2) is 8.23. The molecule has 0 aliphatic rings. The van der Waals surface area contributed by atoms with Gasteiger partial charge in [0, 0.05) is 12.6 Å². The van der Waals surface area contributed by atoms with Gasteiger partial charge in [-0.05, 0) is 49.7 Å². The van der Waals surface area contributed by atoms with Crippen molar-refractivity contribution in [3.05, 3.63) is 59.7 Å². The van der Waals surface area contributed by atoms with Crippen LogP contribution < -0.4 is 14.4 Å². The Hall–Kier alpha value is -2.54. The van der Waals surface area contributed by atoms with Crippen LogP contribution in [0.2, 0.25) is 0 Å². The second-order valence-electron chi connectivity index (χ2n) is 5.89. The molecule has 0 aromatic heterocycles. The molecule has 7 heteroatoms. The van der Waals surface area contributed by atoms with Gasteiger partial charge >= 0.3 is 0 Å². The molecule has 2 rings (SSSR count). The van der Waals surface area contributed by atoms with Gasteiger partial charge in [0.15, 0.2) is 0 Å². The first-order valence-electron chi connectivity index (χ1n) is 8.30. The summed E-state index contributed by atoms with van der Waals surface area (Å²) in [5.74, 6) is 0.478. The molecule has 140 valence electrons. The van der Waals surface area contributed by atoms with Gasteiger partial charge in [-0.15, -0.1) is 0 Å². The van der Waals surface area contributed by atoms with E-state index in [9.17, 15) is 13.2 Å². The minimum atomic E-state index is -3.38. The summed E-state index contributed by atoms with van der Waals surface area (Å²) in [6.45, 7) is 3.47. The summed E-state index contributed by atoms with van der Waals surface area (Å²) >= 11 is 0. The Balaban J connectivity index is 2.15. The highest BCUT2D eigenvalue weighted by atomic mass is 32.2. The lowest BCUT2D eigenvalue weighted by atomic mass is 10.1. The number of nitrogens with zero attached hydrogens (tertiary/aromatic N) is 1. The van der Waals surface area contributed by atoms with Crippen LogP contribution in [0.25, 0.3) is 0 Å². The average molecular weight is 376 g/mol. The molecule has 0 heterocycles. The zero-order valence-corrected chi connectivity index (χ0v) is 16.2. The van der Waals surface area contributed by atoms with Crippen LogP contribution in [0.15, 0.2) is 48.5 Å². The number of nitrogens with one attached hydrogen (secondary N) is 1. The van der Waals surface area contributed by atoms with Gasteiger partial charge in [-0.25, -0.2) is 8.42 Å². The van der Waals surface area contributed by atoms with Crippen LogP contribution in [0.1, 0.15) is 35.8 Å². The summed E-state index contributed by atoms with van der Waals surface area (Å²) < 4.78 is 30.3. The van der Waals surface area contributed by atoms with Crippen LogP contribution in [0, 0.1) is 0 Å². The molecule has 1 atom stereocenters. The zero-order valence-electron chi connectivity index (χ0n) is 15.4. The Kier molecular flexibility index (Phi) is 6.26. The van der Waals surface area contributed by atoms with E-state index in [1.165, 1.54) is 11.4 Å². The number of hydrogen-bond donors (Lipinski definition) is 1. The van der Waals surface area contributed by atoms with E-state index >= 15 is 0 Å². The molecule has 2 aromatic carbocycles. The number of anilines is 1. The number of rotatable bonds is 7. The van der Waals surface area contributed by atoms with Gasteiger partial charge in [0.1, 0.15) is 5.75 Å². The third kappa shape index (κ3) is 4.54. The molecular formula is C19H24N2O4S. The number of sulfonamides is 1. The van der Waals surface area contributed by atoms with E-state index in [1.807, 2.05) is 31.2 Å². The van der Waals surface area contributed by atoms with Crippen molar-refractivity contribution in [3.8, 4) is 5.75 Å². The molecule has 2 aromatic rings. The first kappa shape index (κ1) is 19.8. The van der Waals surface area contributed by atoms with E-state index in [0.717, 1.165) is 11.3 Å². The molecule has 6 nitrogen and oxygen atoms in total. The lowest BCUT2D eigenvalue weighted by molar-refractivity contribution is 0.0940. The summed E-state index contributed by atoms with van der Waals surface area (Å²) in [7, 11) is -0.294. The van der Waals surface area contributed by atoms with E-state index in [-0.39, 0.29) is 17.7 Å². The molecule has 0 aliphatic carbocycles. The van der Waals surface area contributed by atoms with E-state index < -0.39 is 10.0 Å². The molecule has 0 saturated heterocycles. The summed E-state index contributed by atoms with van der Waals surface area (Å²) in [5.41, 5.74) is 1.80. The van der Waals surface area contributed by atoms with Crippen LogP contribution in [-0.4, -0.2) is 34.2 Å². The molecule has 26 heavy (non-hydrogen) atoms. The maximum atomic E-state index is 12.5. The SMILES string of the molecule is CCS(=O)(=O)N(C)c1cccc(C(=O)NC(C)c2ccc(OC)cc2)c1. The van der Waals surface area contributed by atoms with Gasteiger partial charge in [-0.2, -0.15) is 0 Å². The summed E-state index contributed by atoms with van der Waals surface area (Å²) in [6, 6.07) is 13.8. The molecule has 1 unspecified atom stereocenters. The van der Waals surface area contributed by atoms with Crippen molar-refractivity contribution in [1.29, 1.82) is 0 Å². The minimum Gasteiger partial charge on any atom is -0.497 e. The first-order chi connectivity index (χ1) is 12.3. The van der Waals surface area contributed by atoms with Crippen molar-refractivity contribution in [3.63, 3.8) is 0 Å². The van der Waals surface area contributed by atoms with Gasteiger partial charge < -0.3 is 10.1 Å². The first-order valence-corrected chi connectivity index (χ1v) is 9.91. The molecule has 0 spiro atoms. The molecule has 1 amide bonds. The van der Waals surface area contributed by atoms with Crippen LogP contribution in [0.3, 0.4) is 0 Å². The van der Waals surface area contributed by atoms with E-state index in [2.05, 4.69) is 5.32 Å². The summed E-state index contributed by atoms with van der Waals surface area (Å²) in [6.07, 6.45) is 0. The standard InChI is InChI=1S/C19H24N2O4S/c1-5-26(23,24)21(3)17-8-6-7-16(13-17)19(22)20-14(2)15-9-11-18(25-4)12-10-15/h6-14H,5H2,1-4H3,(H,20,22). The minimum absolute atomic E-state index is 0.00553. The number of carbonyl (C=O) groups is 1. The molecule has 0 fully saturated rings. The Morgan fingerprint density at radius 2 is 1.85 bits per heavy atom. The fourth-order valence-electron chi connectivity index (χ4n) is 2.45. The fourth-order valence-corrected chi connectivity index (χ4v) is 3.28. The maximum Gasteiger partial charge on any atom is 0.251 e. The average Bonchev–Trinajstić information content (AvgIpc) is 2.67. The van der Waals surface area contributed by atoms with Crippen molar-refractivity contribution in [2.75, 3.05) is 24.2 Å². The smallest absolute Gasteiger partial charge is 0.251 e. The summed E-state index contributed by atoms with van der Waals surface area (Å²) in [4.78, 5) is 12.5. The number of carbonyl (C=O) groups excluding carboxylic acids is 1. The highest BCUT2D eigenvalue weighted by molar-refractivity contribution is 7.92. The fraction of sp³-hybridized carbons (Fsp3) is 0.316. The van der Waals surface area contributed by atoms with Gasteiger partial charge in [0.05, 0.1) is 24.6 Å². The van der Waals surface area contributed by atoms with E-state index in [1.54, 1.807) is 38.3 Å². The Morgan fingerprint density at radius 1 is 1.19 bits per heavy atom. The maximum absolute atomic E-state index is 12.5. The van der Waals surface area contributed by atoms with Crippen LogP contribution in [0.4, 0.5) is 5.69 Å². The highest BCUT2D eigenvalue weighted by Gasteiger charge is 2.18. The second-order valence-corrected chi connectivity index (χ2v) is 8.18. The van der Waals surface area contributed by atoms with E-state index in [0.29, 0.717) is 11.3 Å². The third-order valence-corrected chi connectivity index (χ3v) is 5.99.